The average molecular weight is 336 g/mol. The number of amides is 1. The van der Waals surface area contributed by atoms with Crippen LogP contribution in [0, 0.1) is 5.41 Å². The maximum atomic E-state index is 11.6. The maximum Gasteiger partial charge on any atom is 0.274 e. The van der Waals surface area contributed by atoms with Gasteiger partial charge in [0, 0.05) is 35.7 Å². The molecule has 3 atom stereocenters. The summed E-state index contributed by atoms with van der Waals surface area (Å²) in [6, 6.07) is 5.00. The lowest BCUT2D eigenvalue weighted by Gasteiger charge is -2.40. The number of ether oxygens (including phenoxy) is 2. The van der Waals surface area contributed by atoms with Gasteiger partial charge in [-0.2, -0.15) is 0 Å². The summed E-state index contributed by atoms with van der Waals surface area (Å²) in [6.45, 7) is 6.26. The topological polar surface area (TPSA) is 91.3 Å². The molecule has 1 aromatic carbocycles. The number of carbonyl (C=O) groups excluding carboxylic acids is 1. The molecule has 3 unspecified atom stereocenters. The first-order chi connectivity index (χ1) is 11.5. The molecule has 0 spiro atoms. The molecule has 0 aromatic heterocycles. The number of aliphatic hydroxyl groups is 1. The van der Waals surface area contributed by atoms with Crippen LogP contribution >= 0.6 is 0 Å². The van der Waals surface area contributed by atoms with E-state index in [-0.39, 0.29) is 11.5 Å². The number of hydrogen-bond acceptors (Lipinski definition) is 6. The summed E-state index contributed by atoms with van der Waals surface area (Å²) >= 11 is 0. The normalized spacial score (nSPS) is 28.6. The number of hydroxylamine groups is 1. The summed E-state index contributed by atoms with van der Waals surface area (Å²) < 4.78 is 11.3. The second kappa shape index (κ2) is 6.68. The fourth-order valence-corrected chi connectivity index (χ4v) is 3.46. The number of benzene rings is 1. The van der Waals surface area contributed by atoms with Crippen molar-refractivity contribution in [3.05, 3.63) is 29.3 Å². The van der Waals surface area contributed by atoms with Crippen LogP contribution in [0.3, 0.4) is 0 Å². The molecule has 7 nitrogen and oxygen atoms in total. The van der Waals surface area contributed by atoms with Crippen LogP contribution in [0.2, 0.25) is 0 Å². The number of hydrogen-bond donors (Lipinski definition) is 3. The van der Waals surface area contributed by atoms with E-state index in [0.29, 0.717) is 37.7 Å². The maximum absolute atomic E-state index is 11.6. The van der Waals surface area contributed by atoms with Crippen molar-refractivity contribution in [3.63, 3.8) is 0 Å². The van der Waals surface area contributed by atoms with E-state index in [4.69, 9.17) is 14.7 Å². The zero-order valence-corrected chi connectivity index (χ0v) is 14.0. The predicted octanol–water partition coefficient (Wildman–Crippen LogP) is 1.31. The summed E-state index contributed by atoms with van der Waals surface area (Å²) in [5.74, 6) is 0.0249. The van der Waals surface area contributed by atoms with Gasteiger partial charge >= 0.3 is 0 Å². The Morgan fingerprint density at radius 2 is 2.25 bits per heavy atom. The SMILES string of the molecule is CC1c2ccc(C(=O)NO)cc2OCCN1C(O)C1(C)CCOC1. The molecule has 0 bridgehead atoms. The summed E-state index contributed by atoms with van der Waals surface area (Å²) in [4.78, 5) is 13.6. The van der Waals surface area contributed by atoms with Crippen molar-refractivity contribution < 1.29 is 24.6 Å². The molecule has 1 amide bonds. The van der Waals surface area contributed by atoms with E-state index in [9.17, 15) is 9.90 Å². The molecule has 1 aromatic rings. The average Bonchev–Trinajstić information content (AvgIpc) is 2.97. The molecular formula is C17H24N2O5. The minimum absolute atomic E-state index is 0.0684. The summed E-state index contributed by atoms with van der Waals surface area (Å²) in [5, 5.41) is 19.7. The van der Waals surface area contributed by atoms with Gasteiger partial charge in [-0.05, 0) is 25.5 Å². The lowest BCUT2D eigenvalue weighted by molar-refractivity contribution is -0.104. The molecule has 1 fully saturated rings. The van der Waals surface area contributed by atoms with Crippen LogP contribution in [-0.2, 0) is 4.74 Å². The monoisotopic (exact) mass is 336 g/mol. The van der Waals surface area contributed by atoms with Gasteiger partial charge < -0.3 is 14.6 Å². The molecule has 3 rings (SSSR count). The molecule has 0 aliphatic carbocycles. The van der Waals surface area contributed by atoms with Crippen LogP contribution in [0.25, 0.3) is 0 Å². The van der Waals surface area contributed by atoms with Crippen molar-refractivity contribution in [2.24, 2.45) is 5.41 Å². The number of carbonyl (C=O) groups is 1. The zero-order chi connectivity index (χ0) is 17.3. The first-order valence-electron chi connectivity index (χ1n) is 8.19. The van der Waals surface area contributed by atoms with Crippen molar-refractivity contribution in [1.82, 2.24) is 10.4 Å². The van der Waals surface area contributed by atoms with E-state index in [2.05, 4.69) is 0 Å². The van der Waals surface area contributed by atoms with Crippen molar-refractivity contribution in [2.75, 3.05) is 26.4 Å². The highest BCUT2D eigenvalue weighted by Gasteiger charge is 2.42. The molecular weight excluding hydrogens is 312 g/mol. The van der Waals surface area contributed by atoms with Crippen LogP contribution in [0.5, 0.6) is 5.75 Å². The molecule has 2 aliphatic rings. The molecule has 1 saturated heterocycles. The first-order valence-corrected chi connectivity index (χ1v) is 8.19. The van der Waals surface area contributed by atoms with Gasteiger partial charge in [0.05, 0.1) is 6.61 Å². The molecule has 7 heteroatoms. The van der Waals surface area contributed by atoms with Crippen LogP contribution in [-0.4, -0.2) is 53.7 Å². The van der Waals surface area contributed by atoms with Gasteiger partial charge in [0.1, 0.15) is 18.6 Å². The molecule has 0 saturated carbocycles. The predicted molar refractivity (Wildman–Crippen MR) is 85.9 cm³/mol. The standard InChI is InChI=1S/C17H24N2O5/c1-11-13-4-3-12(15(20)18-22)9-14(13)24-8-6-19(11)16(21)17(2)5-7-23-10-17/h3-4,9,11,16,21-22H,5-8,10H2,1-2H3,(H,18,20). The largest absolute Gasteiger partial charge is 0.492 e. The summed E-state index contributed by atoms with van der Waals surface area (Å²) in [5.41, 5.74) is 2.56. The summed E-state index contributed by atoms with van der Waals surface area (Å²) in [6.07, 6.45) is 0.186. The third kappa shape index (κ3) is 3.00. The zero-order valence-electron chi connectivity index (χ0n) is 14.0. The van der Waals surface area contributed by atoms with Crippen LogP contribution in [0.15, 0.2) is 18.2 Å². The molecule has 2 aliphatic heterocycles. The Kier molecular flexibility index (Phi) is 4.78. The van der Waals surface area contributed by atoms with Crippen LogP contribution in [0.1, 0.15) is 42.2 Å². The number of fused-ring (bicyclic) bond motifs is 1. The molecule has 2 heterocycles. The van der Waals surface area contributed by atoms with E-state index in [1.54, 1.807) is 17.6 Å². The van der Waals surface area contributed by atoms with Gasteiger partial charge in [-0.1, -0.05) is 13.0 Å². The number of aliphatic hydroxyl groups excluding tert-OH is 1. The number of nitrogens with zero attached hydrogens (tertiary/aromatic N) is 1. The van der Waals surface area contributed by atoms with Crippen LogP contribution < -0.4 is 10.2 Å². The smallest absolute Gasteiger partial charge is 0.274 e. The highest BCUT2D eigenvalue weighted by Crippen LogP contribution is 2.39. The second-order valence-corrected chi connectivity index (χ2v) is 6.79. The summed E-state index contributed by atoms with van der Waals surface area (Å²) in [7, 11) is 0. The molecule has 3 N–H and O–H groups in total. The van der Waals surface area contributed by atoms with Gasteiger partial charge in [-0.3, -0.25) is 14.9 Å². The minimum Gasteiger partial charge on any atom is -0.492 e. The van der Waals surface area contributed by atoms with E-state index >= 15 is 0 Å². The highest BCUT2D eigenvalue weighted by atomic mass is 16.5. The highest BCUT2D eigenvalue weighted by molar-refractivity contribution is 5.93. The minimum atomic E-state index is -0.634. The Morgan fingerprint density at radius 1 is 1.46 bits per heavy atom. The van der Waals surface area contributed by atoms with Crippen molar-refractivity contribution in [2.45, 2.75) is 32.5 Å². The molecule has 24 heavy (non-hydrogen) atoms. The van der Waals surface area contributed by atoms with Crippen molar-refractivity contribution in [3.8, 4) is 5.75 Å². The van der Waals surface area contributed by atoms with Gasteiger partial charge in [-0.15, -0.1) is 0 Å². The quantitative estimate of drug-likeness (QED) is 0.569. The first kappa shape index (κ1) is 17.2. The Labute approximate surface area is 141 Å². The lowest BCUT2D eigenvalue weighted by atomic mass is 9.86. The van der Waals surface area contributed by atoms with Gasteiger partial charge in [0.25, 0.3) is 5.91 Å². The molecule has 0 radical (unpaired) electrons. The van der Waals surface area contributed by atoms with Gasteiger partial charge in [0.2, 0.25) is 0 Å². The van der Waals surface area contributed by atoms with E-state index in [1.807, 2.05) is 24.8 Å². The number of nitrogens with one attached hydrogen (secondary N) is 1. The third-order valence-electron chi connectivity index (χ3n) is 5.12. The Hall–Kier alpha value is -1.67. The fraction of sp³-hybridized carbons (Fsp3) is 0.588. The molecule has 132 valence electrons. The Morgan fingerprint density at radius 3 is 2.92 bits per heavy atom. The Bertz CT molecular complexity index is 615. The van der Waals surface area contributed by atoms with Crippen molar-refractivity contribution in [1.29, 1.82) is 0 Å². The van der Waals surface area contributed by atoms with Gasteiger partial charge in [0.15, 0.2) is 0 Å². The Balaban J connectivity index is 1.87. The van der Waals surface area contributed by atoms with E-state index in [0.717, 1.165) is 12.0 Å². The van der Waals surface area contributed by atoms with Gasteiger partial charge in [-0.25, -0.2) is 5.48 Å². The lowest BCUT2D eigenvalue weighted by Crippen LogP contribution is -2.48. The van der Waals surface area contributed by atoms with E-state index < -0.39 is 12.1 Å². The van der Waals surface area contributed by atoms with Crippen LogP contribution in [0.4, 0.5) is 0 Å². The second-order valence-electron chi connectivity index (χ2n) is 6.79. The number of rotatable bonds is 3. The van der Waals surface area contributed by atoms with Crippen molar-refractivity contribution >= 4 is 5.91 Å². The van der Waals surface area contributed by atoms with E-state index in [1.165, 1.54) is 0 Å². The third-order valence-corrected chi connectivity index (χ3v) is 5.12. The fourth-order valence-electron chi connectivity index (χ4n) is 3.46.